The van der Waals surface area contributed by atoms with Crippen LogP contribution in [0.5, 0.6) is 0 Å². The molecule has 0 radical (unpaired) electrons. The Kier molecular flexibility index (Phi) is 12.7. The van der Waals surface area contributed by atoms with Crippen LogP contribution in [0.25, 0.3) is 0 Å². The average molecular weight is 224 g/mol. The van der Waals surface area contributed by atoms with Crippen LogP contribution in [0.3, 0.4) is 0 Å². The van der Waals surface area contributed by atoms with Crippen LogP contribution in [-0.2, 0) is 6.54 Å². The monoisotopic (exact) mass is 224 g/mol. The van der Waals surface area contributed by atoms with E-state index in [0.717, 1.165) is 12.2 Å². The lowest BCUT2D eigenvalue weighted by Crippen LogP contribution is -2.07. The summed E-state index contributed by atoms with van der Waals surface area (Å²) < 4.78 is 0. The number of Topliss-reactive ketones (excluding diaryl/α,β-unsaturated/α-hetero) is 1. The normalized spacial score (nSPS) is 8.12. The molecule has 1 rings (SSSR count). The molecule has 1 N–H and O–H groups in total. The van der Waals surface area contributed by atoms with Gasteiger partial charge in [0.25, 0.3) is 0 Å². The van der Waals surface area contributed by atoms with Crippen LogP contribution in [0.15, 0.2) is 18.3 Å². The molecule has 16 heavy (non-hydrogen) atoms. The number of nitrogens with zero attached hydrogens (tertiary/aromatic N) is 1. The van der Waals surface area contributed by atoms with Crippen molar-refractivity contribution < 1.29 is 4.79 Å². The Morgan fingerprint density at radius 3 is 2.12 bits per heavy atom. The van der Waals surface area contributed by atoms with Gasteiger partial charge in [-0.25, -0.2) is 0 Å². The molecule has 1 heterocycles. The Hall–Kier alpha value is -1.22. The molecule has 0 aliphatic heterocycles. The molecule has 0 spiro atoms. The quantitative estimate of drug-likeness (QED) is 0.802. The Labute approximate surface area is 99.3 Å². The lowest BCUT2D eigenvalue weighted by Gasteiger charge is -1.99. The zero-order valence-corrected chi connectivity index (χ0v) is 11.3. The second-order valence-electron chi connectivity index (χ2n) is 2.62. The zero-order chi connectivity index (χ0) is 13.0. The number of ketones is 1. The fraction of sp³-hybridized carbons (Fsp3) is 0.538. The number of nitrogens with one attached hydrogen (secondary N) is 1. The second kappa shape index (κ2) is 11.9. The highest BCUT2D eigenvalue weighted by molar-refractivity contribution is 5.93. The maximum atomic E-state index is 10.9. The van der Waals surface area contributed by atoms with Gasteiger partial charge < -0.3 is 5.32 Å². The molecule has 92 valence electrons. The summed E-state index contributed by atoms with van der Waals surface area (Å²) in [6.45, 7) is 10.3. The van der Waals surface area contributed by atoms with E-state index >= 15 is 0 Å². The van der Waals surface area contributed by atoms with E-state index in [2.05, 4.69) is 10.3 Å². The van der Waals surface area contributed by atoms with Crippen LogP contribution < -0.4 is 5.32 Å². The molecule has 0 aromatic carbocycles. The van der Waals surface area contributed by atoms with Crippen LogP contribution in [0.4, 0.5) is 0 Å². The molecule has 0 saturated carbocycles. The van der Waals surface area contributed by atoms with Gasteiger partial charge in [0, 0.05) is 18.3 Å². The predicted molar refractivity (Wildman–Crippen MR) is 69.7 cm³/mol. The van der Waals surface area contributed by atoms with Gasteiger partial charge in [-0.15, -0.1) is 0 Å². The van der Waals surface area contributed by atoms with Crippen molar-refractivity contribution in [2.45, 2.75) is 41.2 Å². The summed E-state index contributed by atoms with van der Waals surface area (Å²) >= 11 is 0. The Morgan fingerprint density at radius 1 is 1.25 bits per heavy atom. The van der Waals surface area contributed by atoms with Crippen molar-refractivity contribution in [3.63, 3.8) is 0 Å². The van der Waals surface area contributed by atoms with Crippen molar-refractivity contribution in [2.24, 2.45) is 0 Å². The first-order valence-electron chi connectivity index (χ1n) is 5.84. The molecule has 0 bridgehead atoms. The molecule has 0 amide bonds. The first kappa shape index (κ1) is 17.2. The Balaban J connectivity index is 0. The third-order valence-corrected chi connectivity index (χ3v) is 1.59. The van der Waals surface area contributed by atoms with E-state index < -0.39 is 0 Å². The largest absolute Gasteiger partial charge is 0.314 e. The van der Waals surface area contributed by atoms with Crippen molar-refractivity contribution in [1.29, 1.82) is 0 Å². The van der Waals surface area contributed by atoms with Crippen molar-refractivity contribution in [3.05, 3.63) is 29.6 Å². The van der Waals surface area contributed by atoms with E-state index in [0.29, 0.717) is 5.56 Å². The standard InChI is InChI=1S/C9H12N2O.2C2H6/c1-7(12)8-3-4-9(6-10-2)11-5-8;2*1-2/h3-5,10H,6H2,1-2H3;2*1-2H3. The second-order valence-corrected chi connectivity index (χ2v) is 2.62. The molecule has 0 atom stereocenters. The maximum Gasteiger partial charge on any atom is 0.161 e. The van der Waals surface area contributed by atoms with Crippen molar-refractivity contribution >= 4 is 5.78 Å². The molecule has 1 aromatic rings. The van der Waals surface area contributed by atoms with Gasteiger partial charge in [0.1, 0.15) is 0 Å². The van der Waals surface area contributed by atoms with Gasteiger partial charge in [0.05, 0.1) is 5.69 Å². The summed E-state index contributed by atoms with van der Waals surface area (Å²) in [6, 6.07) is 3.65. The Bertz CT molecular complexity index is 268. The zero-order valence-electron chi connectivity index (χ0n) is 11.3. The van der Waals surface area contributed by atoms with Crippen molar-refractivity contribution in [1.82, 2.24) is 10.3 Å². The highest BCUT2D eigenvalue weighted by Crippen LogP contribution is 2.00. The lowest BCUT2D eigenvalue weighted by molar-refractivity contribution is 0.101. The maximum absolute atomic E-state index is 10.9. The first-order chi connectivity index (χ1) is 7.74. The third kappa shape index (κ3) is 7.12. The van der Waals surface area contributed by atoms with Gasteiger partial charge >= 0.3 is 0 Å². The van der Waals surface area contributed by atoms with Gasteiger partial charge in [0.2, 0.25) is 0 Å². The molecule has 3 nitrogen and oxygen atoms in total. The van der Waals surface area contributed by atoms with Gasteiger partial charge in [-0.1, -0.05) is 27.7 Å². The number of hydrogen-bond acceptors (Lipinski definition) is 3. The number of pyridine rings is 1. The van der Waals surface area contributed by atoms with Gasteiger partial charge in [-0.3, -0.25) is 9.78 Å². The molecular weight excluding hydrogens is 200 g/mol. The lowest BCUT2D eigenvalue weighted by atomic mass is 10.2. The van der Waals surface area contributed by atoms with Crippen LogP contribution in [0.2, 0.25) is 0 Å². The van der Waals surface area contributed by atoms with Gasteiger partial charge in [-0.05, 0) is 26.1 Å². The number of hydrogen-bond donors (Lipinski definition) is 1. The molecular formula is C13H24N2O. The van der Waals surface area contributed by atoms with Crippen molar-refractivity contribution in [2.75, 3.05) is 7.05 Å². The minimum Gasteiger partial charge on any atom is -0.314 e. The highest BCUT2D eigenvalue weighted by atomic mass is 16.1. The van der Waals surface area contributed by atoms with E-state index in [-0.39, 0.29) is 5.78 Å². The average Bonchev–Trinajstić information content (AvgIpc) is 2.35. The number of carbonyl (C=O) groups is 1. The molecule has 0 aliphatic carbocycles. The molecule has 0 saturated heterocycles. The number of rotatable bonds is 3. The molecule has 0 fully saturated rings. The minimum atomic E-state index is 0.0542. The van der Waals surface area contributed by atoms with E-state index in [1.807, 2.05) is 40.8 Å². The van der Waals surface area contributed by atoms with E-state index in [4.69, 9.17) is 0 Å². The van der Waals surface area contributed by atoms with E-state index in [9.17, 15) is 4.79 Å². The first-order valence-corrected chi connectivity index (χ1v) is 5.84. The van der Waals surface area contributed by atoms with E-state index in [1.54, 1.807) is 12.3 Å². The fourth-order valence-electron chi connectivity index (χ4n) is 0.918. The molecule has 3 heteroatoms. The topological polar surface area (TPSA) is 42.0 Å². The third-order valence-electron chi connectivity index (χ3n) is 1.59. The molecule has 0 aliphatic rings. The van der Waals surface area contributed by atoms with Crippen LogP contribution in [0, 0.1) is 0 Å². The molecule has 0 unspecified atom stereocenters. The van der Waals surface area contributed by atoms with Gasteiger partial charge in [-0.2, -0.15) is 0 Å². The van der Waals surface area contributed by atoms with Gasteiger partial charge in [0.15, 0.2) is 5.78 Å². The summed E-state index contributed by atoms with van der Waals surface area (Å²) in [6.07, 6.45) is 1.61. The smallest absolute Gasteiger partial charge is 0.161 e. The van der Waals surface area contributed by atoms with Crippen LogP contribution >= 0.6 is 0 Å². The summed E-state index contributed by atoms with van der Waals surface area (Å²) in [5.41, 5.74) is 1.61. The highest BCUT2D eigenvalue weighted by Gasteiger charge is 1.98. The summed E-state index contributed by atoms with van der Waals surface area (Å²) in [5.74, 6) is 0.0542. The van der Waals surface area contributed by atoms with Crippen molar-refractivity contribution in [3.8, 4) is 0 Å². The minimum absolute atomic E-state index is 0.0542. The van der Waals surface area contributed by atoms with Crippen LogP contribution in [-0.4, -0.2) is 17.8 Å². The summed E-state index contributed by atoms with van der Waals surface area (Å²) in [5, 5.41) is 2.99. The van der Waals surface area contributed by atoms with Crippen LogP contribution in [0.1, 0.15) is 50.7 Å². The predicted octanol–water partition coefficient (Wildman–Crippen LogP) is 3.06. The molecule has 1 aromatic heterocycles. The summed E-state index contributed by atoms with van der Waals surface area (Å²) in [7, 11) is 1.86. The number of carbonyl (C=O) groups excluding carboxylic acids is 1. The SMILES string of the molecule is CC.CC.CNCc1ccc(C(C)=O)cn1. The van der Waals surface area contributed by atoms with E-state index in [1.165, 1.54) is 6.92 Å². The summed E-state index contributed by atoms with van der Waals surface area (Å²) in [4.78, 5) is 15.0. The number of aromatic nitrogens is 1. The fourth-order valence-corrected chi connectivity index (χ4v) is 0.918. The Morgan fingerprint density at radius 2 is 1.81 bits per heavy atom.